The number of fused-ring (bicyclic) bond motifs is 1. The number of rotatable bonds is 3. The van der Waals surface area contributed by atoms with Crippen molar-refractivity contribution in [2.75, 3.05) is 0 Å². The molecule has 134 valence electrons. The standard InChI is InChI=1S/C21H15ClN2O2S/c22-16-9-5-14(6-10-16)19-13-21(15-7-11-17(12-8-15)24(25)26)27-20-4-2-1-3-18(20)23-19/h1-12,21H,13H2. The van der Waals surface area contributed by atoms with E-state index in [0.29, 0.717) is 5.02 Å². The maximum absolute atomic E-state index is 10.9. The van der Waals surface area contributed by atoms with Gasteiger partial charge in [0, 0.05) is 39.4 Å². The third-order valence-corrected chi connectivity index (χ3v) is 6.00. The first kappa shape index (κ1) is 17.8. The quantitative estimate of drug-likeness (QED) is 0.371. The van der Waals surface area contributed by atoms with Gasteiger partial charge in [0.1, 0.15) is 0 Å². The number of aliphatic imine (C=N–C) groups is 1. The summed E-state index contributed by atoms with van der Waals surface area (Å²) in [6, 6.07) is 22.5. The van der Waals surface area contributed by atoms with Crippen LogP contribution in [0, 0.1) is 10.1 Å². The Balaban J connectivity index is 1.75. The highest BCUT2D eigenvalue weighted by atomic mass is 35.5. The van der Waals surface area contributed by atoms with E-state index in [2.05, 4.69) is 6.07 Å². The van der Waals surface area contributed by atoms with Gasteiger partial charge in [-0.05, 0) is 35.4 Å². The molecule has 6 heteroatoms. The van der Waals surface area contributed by atoms with Crippen LogP contribution in [-0.2, 0) is 0 Å². The third-order valence-electron chi connectivity index (χ3n) is 4.42. The van der Waals surface area contributed by atoms with Gasteiger partial charge in [-0.3, -0.25) is 15.1 Å². The average Bonchev–Trinajstić information content (AvgIpc) is 2.88. The molecule has 0 fully saturated rings. The second-order valence-electron chi connectivity index (χ2n) is 6.19. The monoisotopic (exact) mass is 394 g/mol. The number of halogens is 1. The van der Waals surface area contributed by atoms with Crippen LogP contribution in [0.25, 0.3) is 0 Å². The molecule has 27 heavy (non-hydrogen) atoms. The molecule has 0 amide bonds. The lowest BCUT2D eigenvalue weighted by Gasteiger charge is -2.16. The molecular formula is C21H15ClN2O2S. The van der Waals surface area contributed by atoms with Gasteiger partial charge in [0.15, 0.2) is 0 Å². The number of benzene rings is 3. The van der Waals surface area contributed by atoms with Gasteiger partial charge in [0.2, 0.25) is 0 Å². The number of nitro groups is 1. The molecule has 0 bridgehead atoms. The van der Waals surface area contributed by atoms with Crippen molar-refractivity contribution in [3.8, 4) is 0 Å². The Morgan fingerprint density at radius 3 is 2.41 bits per heavy atom. The minimum atomic E-state index is -0.375. The first-order chi connectivity index (χ1) is 13.1. The number of nitrogens with zero attached hydrogens (tertiary/aromatic N) is 2. The van der Waals surface area contributed by atoms with Gasteiger partial charge in [0.05, 0.1) is 10.6 Å². The molecule has 1 atom stereocenters. The molecule has 1 unspecified atom stereocenters. The molecule has 1 heterocycles. The van der Waals surface area contributed by atoms with E-state index in [-0.39, 0.29) is 15.9 Å². The van der Waals surface area contributed by atoms with Gasteiger partial charge in [-0.25, -0.2) is 0 Å². The minimum absolute atomic E-state index is 0.101. The molecule has 0 aromatic heterocycles. The van der Waals surface area contributed by atoms with Gasteiger partial charge >= 0.3 is 0 Å². The van der Waals surface area contributed by atoms with Gasteiger partial charge in [0.25, 0.3) is 5.69 Å². The van der Waals surface area contributed by atoms with Crippen LogP contribution in [-0.4, -0.2) is 10.6 Å². The highest BCUT2D eigenvalue weighted by molar-refractivity contribution is 7.99. The number of hydrogen-bond donors (Lipinski definition) is 0. The zero-order valence-electron chi connectivity index (χ0n) is 14.2. The first-order valence-electron chi connectivity index (χ1n) is 8.44. The number of para-hydroxylation sites is 1. The number of non-ortho nitro benzene ring substituents is 1. The van der Waals surface area contributed by atoms with Crippen molar-refractivity contribution in [2.24, 2.45) is 4.99 Å². The molecule has 3 aromatic rings. The normalized spacial score (nSPS) is 16.2. The molecule has 3 aromatic carbocycles. The first-order valence-corrected chi connectivity index (χ1v) is 9.69. The largest absolute Gasteiger partial charge is 0.269 e. The second-order valence-corrected chi connectivity index (χ2v) is 7.87. The van der Waals surface area contributed by atoms with E-state index >= 15 is 0 Å². The van der Waals surface area contributed by atoms with Crippen molar-refractivity contribution in [1.29, 1.82) is 0 Å². The van der Waals surface area contributed by atoms with Crippen molar-refractivity contribution < 1.29 is 4.92 Å². The maximum Gasteiger partial charge on any atom is 0.269 e. The van der Waals surface area contributed by atoms with E-state index in [0.717, 1.165) is 33.8 Å². The lowest BCUT2D eigenvalue weighted by Crippen LogP contribution is -2.05. The molecule has 0 aliphatic carbocycles. The lowest BCUT2D eigenvalue weighted by atomic mass is 10.0. The van der Waals surface area contributed by atoms with Crippen LogP contribution in [0.2, 0.25) is 5.02 Å². The van der Waals surface area contributed by atoms with Crippen LogP contribution in [0.5, 0.6) is 0 Å². The molecule has 4 rings (SSSR count). The summed E-state index contributed by atoms with van der Waals surface area (Å²) in [5.74, 6) is 0. The lowest BCUT2D eigenvalue weighted by molar-refractivity contribution is -0.384. The summed E-state index contributed by atoms with van der Waals surface area (Å²) in [6.45, 7) is 0. The summed E-state index contributed by atoms with van der Waals surface area (Å²) in [7, 11) is 0. The van der Waals surface area contributed by atoms with Gasteiger partial charge in [-0.15, -0.1) is 11.8 Å². The highest BCUT2D eigenvalue weighted by Gasteiger charge is 2.23. The van der Waals surface area contributed by atoms with Gasteiger partial charge < -0.3 is 0 Å². The van der Waals surface area contributed by atoms with Crippen molar-refractivity contribution in [1.82, 2.24) is 0 Å². The summed E-state index contributed by atoms with van der Waals surface area (Å²) in [5, 5.41) is 11.7. The van der Waals surface area contributed by atoms with Crippen LogP contribution in [0.15, 0.2) is 82.7 Å². The molecule has 0 saturated heterocycles. The van der Waals surface area contributed by atoms with Crippen molar-refractivity contribution in [3.63, 3.8) is 0 Å². The van der Waals surface area contributed by atoms with Gasteiger partial charge in [-0.1, -0.05) is 48.0 Å². The fourth-order valence-electron chi connectivity index (χ4n) is 3.03. The van der Waals surface area contributed by atoms with E-state index < -0.39 is 0 Å². The minimum Gasteiger partial charge on any atom is -0.258 e. The number of hydrogen-bond acceptors (Lipinski definition) is 4. The molecule has 0 saturated carbocycles. The number of nitro benzene ring substituents is 1. The third kappa shape index (κ3) is 3.89. The average molecular weight is 395 g/mol. The topological polar surface area (TPSA) is 55.5 Å². The van der Waals surface area contributed by atoms with Crippen LogP contribution < -0.4 is 0 Å². The maximum atomic E-state index is 10.9. The Labute approximate surface area is 166 Å². The molecule has 0 spiro atoms. The zero-order chi connectivity index (χ0) is 18.8. The van der Waals surface area contributed by atoms with E-state index in [4.69, 9.17) is 16.6 Å². The van der Waals surface area contributed by atoms with Crippen molar-refractivity contribution in [2.45, 2.75) is 16.6 Å². The van der Waals surface area contributed by atoms with Gasteiger partial charge in [-0.2, -0.15) is 0 Å². The fourth-order valence-corrected chi connectivity index (χ4v) is 4.39. The summed E-state index contributed by atoms with van der Waals surface area (Å²) >= 11 is 7.77. The smallest absolute Gasteiger partial charge is 0.258 e. The predicted molar refractivity (Wildman–Crippen MR) is 110 cm³/mol. The Hall–Kier alpha value is -2.63. The SMILES string of the molecule is O=[N+]([O-])c1ccc(C2CC(c3ccc(Cl)cc3)=Nc3ccccc3S2)cc1. The van der Waals surface area contributed by atoms with E-state index in [1.165, 1.54) is 0 Å². The number of thioether (sulfide) groups is 1. The van der Waals surface area contributed by atoms with Crippen LogP contribution in [0.4, 0.5) is 11.4 Å². The van der Waals surface area contributed by atoms with Crippen LogP contribution in [0.3, 0.4) is 0 Å². The Bertz CT molecular complexity index is 1020. The molecule has 1 aliphatic heterocycles. The Morgan fingerprint density at radius 1 is 1.00 bits per heavy atom. The van der Waals surface area contributed by atoms with E-state index in [1.54, 1.807) is 23.9 Å². The molecular weight excluding hydrogens is 380 g/mol. The predicted octanol–water partition coefficient (Wildman–Crippen LogP) is 6.61. The van der Waals surface area contributed by atoms with Crippen molar-refractivity contribution >= 4 is 40.4 Å². The summed E-state index contributed by atoms with van der Waals surface area (Å²) in [6.07, 6.45) is 0.721. The molecule has 1 aliphatic rings. The highest BCUT2D eigenvalue weighted by Crippen LogP contribution is 2.45. The van der Waals surface area contributed by atoms with Crippen LogP contribution >= 0.6 is 23.4 Å². The molecule has 4 nitrogen and oxygen atoms in total. The fraction of sp³-hybridized carbons (Fsp3) is 0.0952. The second kappa shape index (κ2) is 7.55. The van der Waals surface area contributed by atoms with Crippen molar-refractivity contribution in [3.05, 3.63) is 99.1 Å². The van der Waals surface area contributed by atoms with E-state index in [1.807, 2.05) is 54.6 Å². The summed E-state index contributed by atoms with van der Waals surface area (Å²) < 4.78 is 0. The zero-order valence-corrected chi connectivity index (χ0v) is 15.8. The summed E-state index contributed by atoms with van der Waals surface area (Å²) in [4.78, 5) is 16.6. The Kier molecular flexibility index (Phi) is 4.97. The molecule has 0 radical (unpaired) electrons. The molecule has 0 N–H and O–H groups in total. The Morgan fingerprint density at radius 2 is 1.70 bits per heavy atom. The van der Waals surface area contributed by atoms with E-state index in [9.17, 15) is 10.1 Å². The van der Waals surface area contributed by atoms with Crippen LogP contribution in [0.1, 0.15) is 22.8 Å². The summed E-state index contributed by atoms with van der Waals surface area (Å²) in [5.41, 5.74) is 4.10.